The second-order valence-corrected chi connectivity index (χ2v) is 4.59. The molecule has 98 valence electrons. The largest absolute Gasteiger partial charge is 0.484 e. The second-order valence-electron chi connectivity index (χ2n) is 4.59. The molecule has 0 aliphatic carbocycles. The maximum absolute atomic E-state index is 9.23. The smallest absolute Gasteiger partial charge is 0.423 e. The van der Waals surface area contributed by atoms with E-state index in [9.17, 15) is 10.0 Å². The Labute approximate surface area is 110 Å². The number of hydrogen-bond donors (Lipinski definition) is 2. The van der Waals surface area contributed by atoms with Gasteiger partial charge >= 0.3 is 7.12 Å². The fourth-order valence-electron chi connectivity index (χ4n) is 2.23. The summed E-state index contributed by atoms with van der Waals surface area (Å²) in [6, 6.07) is 3.79. The minimum absolute atomic E-state index is 0.267. The van der Waals surface area contributed by atoms with Crippen LogP contribution in [0.25, 0.3) is 5.65 Å². The van der Waals surface area contributed by atoms with Crippen LogP contribution in [-0.4, -0.2) is 38.4 Å². The van der Waals surface area contributed by atoms with Crippen LogP contribution in [0.5, 0.6) is 0 Å². The van der Waals surface area contributed by atoms with Crippen LogP contribution in [0.1, 0.15) is 23.9 Å². The van der Waals surface area contributed by atoms with E-state index in [1.54, 1.807) is 6.08 Å². The fraction of sp³-hybridized carbons (Fsp3) is 0.333. The summed E-state index contributed by atoms with van der Waals surface area (Å²) in [6.45, 7) is 2.36. The zero-order chi connectivity index (χ0) is 13.4. The van der Waals surface area contributed by atoms with Crippen LogP contribution in [0.2, 0.25) is 0 Å². The summed E-state index contributed by atoms with van der Waals surface area (Å²) >= 11 is 0. The monoisotopic (exact) mass is 259 g/mol. The molecule has 19 heavy (non-hydrogen) atoms. The van der Waals surface area contributed by atoms with Gasteiger partial charge in [0.2, 0.25) is 0 Å². The van der Waals surface area contributed by atoms with E-state index in [1.165, 1.54) is 0 Å². The molecule has 0 spiro atoms. The maximum Gasteiger partial charge on any atom is 0.484 e. The lowest BCUT2D eigenvalue weighted by molar-refractivity contribution is 0.0772. The molecule has 1 atom stereocenters. The third-order valence-electron chi connectivity index (χ3n) is 3.31. The average molecular weight is 259 g/mol. The van der Waals surface area contributed by atoms with Gasteiger partial charge in [0, 0.05) is 11.8 Å². The molecule has 2 aromatic rings. The number of pyridine rings is 1. The molecule has 0 radical (unpaired) electrons. The van der Waals surface area contributed by atoms with Crippen LogP contribution < -0.4 is 0 Å². The molecule has 6 nitrogen and oxygen atoms in total. The van der Waals surface area contributed by atoms with Crippen molar-refractivity contribution in [2.45, 2.75) is 19.4 Å². The van der Waals surface area contributed by atoms with Gasteiger partial charge in [0.05, 0.1) is 6.61 Å². The molecule has 0 saturated carbocycles. The van der Waals surface area contributed by atoms with Crippen LogP contribution in [-0.2, 0) is 4.74 Å². The molecule has 0 fully saturated rings. The van der Waals surface area contributed by atoms with Gasteiger partial charge in [0.15, 0.2) is 5.65 Å². The van der Waals surface area contributed by atoms with E-state index < -0.39 is 7.12 Å². The molecule has 0 aromatic carbocycles. The summed E-state index contributed by atoms with van der Waals surface area (Å²) in [7, 11) is -1.41. The molecule has 3 heterocycles. The van der Waals surface area contributed by atoms with E-state index in [0.29, 0.717) is 18.5 Å². The van der Waals surface area contributed by atoms with Crippen molar-refractivity contribution < 1.29 is 14.8 Å². The third kappa shape index (κ3) is 2.27. The Hall–Kier alpha value is -1.70. The van der Waals surface area contributed by atoms with E-state index >= 15 is 0 Å². The summed E-state index contributed by atoms with van der Waals surface area (Å²) in [4.78, 5) is 0. The standard InChI is InChI=1S/C12H14BN3O3/c1-8-14-15-12-3-2-9(7-16(8)12)11-6-10(13(17)18)4-5-19-11/h2-3,6-7,11,17-18H,4-5H2,1H3. The van der Waals surface area contributed by atoms with E-state index in [-0.39, 0.29) is 6.10 Å². The van der Waals surface area contributed by atoms with Crippen LogP contribution >= 0.6 is 0 Å². The van der Waals surface area contributed by atoms with Crippen molar-refractivity contribution >= 4 is 12.8 Å². The molecular formula is C12H14BN3O3. The zero-order valence-corrected chi connectivity index (χ0v) is 10.5. The molecule has 1 unspecified atom stereocenters. The predicted molar refractivity (Wildman–Crippen MR) is 69.3 cm³/mol. The van der Waals surface area contributed by atoms with Gasteiger partial charge in [-0.3, -0.25) is 4.40 Å². The summed E-state index contributed by atoms with van der Waals surface area (Å²) in [5, 5.41) is 26.5. The summed E-state index contributed by atoms with van der Waals surface area (Å²) in [6.07, 6.45) is 3.95. The van der Waals surface area contributed by atoms with Crippen molar-refractivity contribution in [2.75, 3.05) is 6.61 Å². The van der Waals surface area contributed by atoms with Gasteiger partial charge in [-0.15, -0.1) is 10.2 Å². The number of aryl methyl sites for hydroxylation is 1. The van der Waals surface area contributed by atoms with E-state index in [0.717, 1.165) is 17.0 Å². The van der Waals surface area contributed by atoms with E-state index in [2.05, 4.69) is 10.2 Å². The van der Waals surface area contributed by atoms with Crippen molar-refractivity contribution in [3.8, 4) is 0 Å². The Morgan fingerprint density at radius 2 is 2.21 bits per heavy atom. The Morgan fingerprint density at radius 3 is 3.00 bits per heavy atom. The van der Waals surface area contributed by atoms with Crippen molar-refractivity contribution in [2.24, 2.45) is 0 Å². The molecule has 3 rings (SSSR count). The normalized spacial score (nSPS) is 19.5. The highest BCUT2D eigenvalue weighted by Gasteiger charge is 2.23. The first-order chi connectivity index (χ1) is 9.15. The Kier molecular flexibility index (Phi) is 3.10. The minimum Gasteiger partial charge on any atom is -0.423 e. The van der Waals surface area contributed by atoms with E-state index in [1.807, 2.05) is 29.7 Å². The Morgan fingerprint density at radius 1 is 1.37 bits per heavy atom. The predicted octanol–water partition coefficient (Wildman–Crippen LogP) is 0.438. The summed E-state index contributed by atoms with van der Waals surface area (Å²) in [5.41, 5.74) is 2.31. The molecular weight excluding hydrogens is 245 g/mol. The SMILES string of the molecule is Cc1nnc2ccc(C3C=C(B(O)O)CCO3)cn12. The number of rotatable bonds is 2. The van der Waals surface area contributed by atoms with Gasteiger partial charge < -0.3 is 14.8 Å². The number of fused-ring (bicyclic) bond motifs is 1. The first-order valence-electron chi connectivity index (χ1n) is 6.15. The van der Waals surface area contributed by atoms with Crippen LogP contribution in [0.3, 0.4) is 0 Å². The lowest BCUT2D eigenvalue weighted by atomic mass is 9.75. The molecule has 0 amide bonds. The number of hydrogen-bond acceptors (Lipinski definition) is 5. The van der Waals surface area contributed by atoms with Gasteiger partial charge in [-0.1, -0.05) is 12.1 Å². The molecule has 7 heteroatoms. The zero-order valence-electron chi connectivity index (χ0n) is 10.5. The van der Waals surface area contributed by atoms with Crippen LogP contribution in [0.15, 0.2) is 29.9 Å². The highest BCUT2D eigenvalue weighted by atomic mass is 16.5. The highest BCUT2D eigenvalue weighted by molar-refractivity contribution is 6.50. The average Bonchev–Trinajstić information content (AvgIpc) is 2.80. The Bertz CT molecular complexity index is 638. The van der Waals surface area contributed by atoms with Gasteiger partial charge in [-0.25, -0.2) is 0 Å². The van der Waals surface area contributed by atoms with Crippen LogP contribution in [0, 0.1) is 6.92 Å². The quantitative estimate of drug-likeness (QED) is 0.765. The highest BCUT2D eigenvalue weighted by Crippen LogP contribution is 2.26. The lowest BCUT2D eigenvalue weighted by Gasteiger charge is -2.22. The topological polar surface area (TPSA) is 79.9 Å². The first-order valence-corrected chi connectivity index (χ1v) is 6.15. The van der Waals surface area contributed by atoms with Crippen molar-refractivity contribution in [1.29, 1.82) is 0 Å². The number of nitrogens with zero attached hydrogens (tertiary/aromatic N) is 3. The first kappa shape index (κ1) is 12.3. The Balaban J connectivity index is 1.99. The van der Waals surface area contributed by atoms with Gasteiger partial charge in [0.1, 0.15) is 11.9 Å². The van der Waals surface area contributed by atoms with Crippen LogP contribution in [0.4, 0.5) is 0 Å². The minimum atomic E-state index is -1.41. The lowest BCUT2D eigenvalue weighted by Crippen LogP contribution is -2.22. The molecule has 1 aliphatic heterocycles. The van der Waals surface area contributed by atoms with Gasteiger partial charge in [0.25, 0.3) is 0 Å². The molecule has 0 bridgehead atoms. The maximum atomic E-state index is 9.23. The van der Waals surface area contributed by atoms with E-state index in [4.69, 9.17) is 4.74 Å². The molecule has 2 N–H and O–H groups in total. The molecule has 0 saturated heterocycles. The van der Waals surface area contributed by atoms with Crippen molar-refractivity contribution in [1.82, 2.24) is 14.6 Å². The number of ether oxygens (including phenoxy) is 1. The fourth-order valence-corrected chi connectivity index (χ4v) is 2.23. The van der Waals surface area contributed by atoms with Gasteiger partial charge in [-0.2, -0.15) is 0 Å². The summed E-state index contributed by atoms with van der Waals surface area (Å²) < 4.78 is 7.54. The molecule has 2 aromatic heterocycles. The third-order valence-corrected chi connectivity index (χ3v) is 3.31. The molecule has 1 aliphatic rings. The number of aromatic nitrogens is 3. The van der Waals surface area contributed by atoms with Crippen molar-refractivity contribution in [3.05, 3.63) is 41.3 Å². The summed E-state index contributed by atoms with van der Waals surface area (Å²) in [5.74, 6) is 0.805. The van der Waals surface area contributed by atoms with Gasteiger partial charge in [-0.05, 0) is 24.9 Å². The van der Waals surface area contributed by atoms with Crippen molar-refractivity contribution in [3.63, 3.8) is 0 Å². The second kappa shape index (κ2) is 4.77.